The molecule has 0 amide bonds. The molecule has 4 atom stereocenters. The van der Waals surface area contributed by atoms with E-state index < -0.39 is 5.97 Å². The van der Waals surface area contributed by atoms with Crippen LogP contribution >= 0.6 is 0 Å². The fourth-order valence-corrected chi connectivity index (χ4v) is 3.73. The quantitative estimate of drug-likeness (QED) is 0.746. The van der Waals surface area contributed by atoms with Crippen molar-refractivity contribution in [1.82, 2.24) is 25.9 Å². The third-order valence-electron chi connectivity index (χ3n) is 4.88. The van der Waals surface area contributed by atoms with Gasteiger partial charge in [0.25, 0.3) is 0 Å². The maximum atomic E-state index is 11.1. The first-order chi connectivity index (χ1) is 9.72. The van der Waals surface area contributed by atoms with Gasteiger partial charge in [-0.25, -0.2) is 0 Å². The number of H-pyrrole nitrogens is 1. The Kier molecular flexibility index (Phi) is 3.95. The van der Waals surface area contributed by atoms with Crippen molar-refractivity contribution in [3.05, 3.63) is 5.82 Å². The van der Waals surface area contributed by atoms with E-state index in [1.54, 1.807) is 0 Å². The van der Waals surface area contributed by atoms with Gasteiger partial charge in [0.15, 0.2) is 5.82 Å². The summed E-state index contributed by atoms with van der Waals surface area (Å²) in [5.41, 5.74) is 0. The number of fused-ring (bicyclic) bond motifs is 1. The molecule has 0 spiro atoms. The number of carbonyl (C=O) groups is 1. The molecular weight excluding hydrogens is 258 g/mol. The van der Waals surface area contributed by atoms with Crippen molar-refractivity contribution in [1.29, 1.82) is 0 Å². The SMILES string of the molecule is O=C(O)[C@H]1C[C@H]2CC(CCc3nn[nH]n3)CC[C@H]2CN1. The number of aryl methyl sites for hydroxylation is 1. The van der Waals surface area contributed by atoms with Gasteiger partial charge < -0.3 is 10.4 Å². The second-order valence-corrected chi connectivity index (χ2v) is 6.10. The fourth-order valence-electron chi connectivity index (χ4n) is 3.73. The number of nitrogens with zero attached hydrogens (tertiary/aromatic N) is 3. The van der Waals surface area contributed by atoms with Crippen molar-refractivity contribution in [2.45, 2.75) is 44.6 Å². The molecule has 2 aliphatic rings. The number of carboxylic acid groups (broad SMARTS) is 1. The summed E-state index contributed by atoms with van der Waals surface area (Å²) in [6.07, 6.45) is 6.30. The molecule has 2 fully saturated rings. The van der Waals surface area contributed by atoms with E-state index in [4.69, 9.17) is 5.11 Å². The zero-order valence-electron chi connectivity index (χ0n) is 11.5. The minimum atomic E-state index is -0.711. The van der Waals surface area contributed by atoms with Crippen molar-refractivity contribution >= 4 is 5.97 Å². The molecule has 0 aromatic carbocycles. The minimum Gasteiger partial charge on any atom is -0.480 e. The Morgan fingerprint density at radius 1 is 1.30 bits per heavy atom. The standard InChI is InChI=1S/C13H21N5O2/c19-13(20)11-6-10-5-8(1-3-9(10)7-14-11)2-4-12-15-17-18-16-12/h8-11,14H,1-7H2,(H,19,20)(H,15,16,17,18)/t8?,9-,10+,11+/m0/s1. The normalized spacial score (nSPS) is 33.6. The summed E-state index contributed by atoms with van der Waals surface area (Å²) in [6.45, 7) is 0.860. The Hall–Kier alpha value is -1.50. The Morgan fingerprint density at radius 3 is 2.95 bits per heavy atom. The average Bonchev–Trinajstić information content (AvgIpc) is 2.97. The predicted octanol–water partition coefficient (Wildman–Crippen LogP) is 0.611. The van der Waals surface area contributed by atoms with Crippen molar-refractivity contribution in [2.75, 3.05) is 6.54 Å². The maximum absolute atomic E-state index is 11.1. The summed E-state index contributed by atoms with van der Waals surface area (Å²) in [5.74, 6) is 1.95. The van der Waals surface area contributed by atoms with E-state index in [9.17, 15) is 4.79 Å². The molecule has 20 heavy (non-hydrogen) atoms. The Labute approximate surface area is 117 Å². The molecule has 0 radical (unpaired) electrons. The van der Waals surface area contributed by atoms with Crippen LogP contribution in [0.1, 0.15) is 37.9 Å². The Morgan fingerprint density at radius 2 is 2.20 bits per heavy atom. The lowest BCUT2D eigenvalue weighted by Gasteiger charge is -2.41. The molecule has 7 heteroatoms. The largest absolute Gasteiger partial charge is 0.480 e. The molecule has 7 nitrogen and oxygen atoms in total. The molecule has 1 aromatic heterocycles. The van der Waals surface area contributed by atoms with Gasteiger partial charge in [0.2, 0.25) is 0 Å². The van der Waals surface area contributed by atoms with Crippen LogP contribution in [0.3, 0.4) is 0 Å². The number of nitrogens with one attached hydrogen (secondary N) is 2. The molecule has 1 saturated heterocycles. The van der Waals surface area contributed by atoms with Gasteiger partial charge in [0.05, 0.1) is 0 Å². The first kappa shape index (κ1) is 13.5. The molecule has 1 saturated carbocycles. The summed E-state index contributed by atoms with van der Waals surface area (Å²) in [5, 5.41) is 26.3. The van der Waals surface area contributed by atoms with Crippen molar-refractivity contribution in [3.63, 3.8) is 0 Å². The smallest absolute Gasteiger partial charge is 0.320 e. The summed E-state index contributed by atoms with van der Waals surface area (Å²) in [6, 6.07) is -0.354. The highest BCUT2D eigenvalue weighted by Gasteiger charge is 2.37. The van der Waals surface area contributed by atoms with Crippen molar-refractivity contribution in [3.8, 4) is 0 Å². The predicted molar refractivity (Wildman–Crippen MR) is 70.9 cm³/mol. The van der Waals surface area contributed by atoms with Gasteiger partial charge in [-0.15, -0.1) is 10.2 Å². The van der Waals surface area contributed by atoms with Gasteiger partial charge in [-0.2, -0.15) is 5.21 Å². The Bertz CT molecular complexity index is 450. The van der Waals surface area contributed by atoms with Crippen LogP contribution in [0.4, 0.5) is 0 Å². The average molecular weight is 279 g/mol. The highest BCUT2D eigenvalue weighted by molar-refractivity contribution is 5.73. The van der Waals surface area contributed by atoms with Crippen LogP contribution in [0.25, 0.3) is 0 Å². The summed E-state index contributed by atoms with van der Waals surface area (Å²) >= 11 is 0. The third kappa shape index (κ3) is 2.98. The van der Waals surface area contributed by atoms with E-state index in [0.717, 1.165) is 38.1 Å². The lowest BCUT2D eigenvalue weighted by Crippen LogP contribution is -2.49. The second kappa shape index (κ2) is 5.87. The molecule has 110 valence electrons. The van der Waals surface area contributed by atoms with Crippen LogP contribution in [-0.4, -0.2) is 44.3 Å². The molecule has 3 rings (SSSR count). The Balaban J connectivity index is 1.52. The van der Waals surface area contributed by atoms with Gasteiger partial charge >= 0.3 is 5.97 Å². The molecule has 0 bridgehead atoms. The number of aliphatic carboxylic acids is 1. The van der Waals surface area contributed by atoms with E-state index >= 15 is 0 Å². The van der Waals surface area contributed by atoms with Crippen LogP contribution < -0.4 is 5.32 Å². The third-order valence-corrected chi connectivity index (χ3v) is 4.88. The number of hydrogen-bond acceptors (Lipinski definition) is 5. The molecule has 1 unspecified atom stereocenters. The number of aromatic amines is 1. The first-order valence-corrected chi connectivity index (χ1v) is 7.41. The van der Waals surface area contributed by atoms with Gasteiger partial charge in [-0.05, 0) is 50.0 Å². The highest BCUT2D eigenvalue weighted by atomic mass is 16.4. The maximum Gasteiger partial charge on any atom is 0.320 e. The van der Waals surface area contributed by atoms with E-state index in [0.29, 0.717) is 17.8 Å². The number of tetrazole rings is 1. The molecular formula is C13H21N5O2. The zero-order chi connectivity index (χ0) is 13.9. The summed E-state index contributed by atoms with van der Waals surface area (Å²) < 4.78 is 0. The number of hydrogen-bond donors (Lipinski definition) is 3. The van der Waals surface area contributed by atoms with Gasteiger partial charge in [-0.3, -0.25) is 4.79 Å². The van der Waals surface area contributed by atoms with E-state index in [-0.39, 0.29) is 6.04 Å². The second-order valence-electron chi connectivity index (χ2n) is 6.10. The van der Waals surface area contributed by atoms with Crippen LogP contribution in [0.5, 0.6) is 0 Å². The molecule has 1 aromatic rings. The zero-order valence-corrected chi connectivity index (χ0v) is 11.5. The van der Waals surface area contributed by atoms with Crippen LogP contribution in [0.2, 0.25) is 0 Å². The lowest BCUT2D eigenvalue weighted by molar-refractivity contribution is -0.141. The molecule has 3 N–H and O–H groups in total. The highest BCUT2D eigenvalue weighted by Crippen LogP contribution is 2.40. The van der Waals surface area contributed by atoms with Gasteiger partial charge in [-0.1, -0.05) is 11.6 Å². The van der Waals surface area contributed by atoms with Crippen LogP contribution in [-0.2, 0) is 11.2 Å². The lowest BCUT2D eigenvalue weighted by atomic mass is 9.69. The number of rotatable bonds is 4. The van der Waals surface area contributed by atoms with Crippen LogP contribution in [0.15, 0.2) is 0 Å². The summed E-state index contributed by atoms with van der Waals surface area (Å²) in [7, 11) is 0. The van der Waals surface area contributed by atoms with Gasteiger partial charge in [0, 0.05) is 6.42 Å². The van der Waals surface area contributed by atoms with E-state index in [1.165, 1.54) is 12.8 Å². The van der Waals surface area contributed by atoms with E-state index in [2.05, 4.69) is 25.9 Å². The number of aromatic nitrogens is 4. The first-order valence-electron chi connectivity index (χ1n) is 7.41. The number of carboxylic acids is 1. The van der Waals surface area contributed by atoms with Crippen molar-refractivity contribution in [2.24, 2.45) is 17.8 Å². The number of piperidine rings is 1. The molecule has 1 aliphatic carbocycles. The van der Waals surface area contributed by atoms with Crippen LogP contribution in [0, 0.1) is 17.8 Å². The molecule has 1 aliphatic heterocycles. The van der Waals surface area contributed by atoms with Crippen molar-refractivity contribution < 1.29 is 9.90 Å². The molecule has 2 heterocycles. The minimum absolute atomic E-state index is 0.354. The summed E-state index contributed by atoms with van der Waals surface area (Å²) in [4.78, 5) is 11.1. The monoisotopic (exact) mass is 279 g/mol. The van der Waals surface area contributed by atoms with E-state index in [1.807, 2.05) is 0 Å². The fraction of sp³-hybridized carbons (Fsp3) is 0.846. The van der Waals surface area contributed by atoms with Gasteiger partial charge in [0.1, 0.15) is 6.04 Å². The topological polar surface area (TPSA) is 104 Å².